The largest absolute Gasteiger partial charge is 0.465 e. The summed E-state index contributed by atoms with van der Waals surface area (Å²) in [5.74, 6) is 0.540. The Morgan fingerprint density at radius 2 is 2.71 bits per heavy atom. The number of hydrogen-bond donors (Lipinski definition) is 2. The van der Waals surface area contributed by atoms with Crippen molar-refractivity contribution in [1.29, 1.82) is 0 Å². The number of fused-ring (bicyclic) bond motifs is 1. The standard InChI is InChI=1S/C10H13N3O4/c1-2-3-16-12-8-5-13(10(14)15)6-9-7(8)4-11-17-9/h2,4,8,12H,1,3,5-6H2,(H,14,15). The zero-order valence-electron chi connectivity index (χ0n) is 9.13. The lowest BCUT2D eigenvalue weighted by molar-refractivity contribution is 0.0172. The molecule has 2 rings (SSSR count). The fourth-order valence-corrected chi connectivity index (χ4v) is 1.69. The molecule has 0 saturated heterocycles. The summed E-state index contributed by atoms with van der Waals surface area (Å²) in [6.45, 7) is 4.36. The number of rotatable bonds is 4. The Morgan fingerprint density at radius 3 is 3.41 bits per heavy atom. The topological polar surface area (TPSA) is 87.8 Å². The first-order chi connectivity index (χ1) is 8.22. The van der Waals surface area contributed by atoms with Crippen LogP contribution in [0.1, 0.15) is 17.4 Å². The summed E-state index contributed by atoms with van der Waals surface area (Å²) >= 11 is 0. The van der Waals surface area contributed by atoms with E-state index in [4.69, 9.17) is 14.5 Å². The Morgan fingerprint density at radius 1 is 1.88 bits per heavy atom. The van der Waals surface area contributed by atoms with Crippen molar-refractivity contribution in [1.82, 2.24) is 15.5 Å². The van der Waals surface area contributed by atoms with Crippen molar-refractivity contribution in [2.24, 2.45) is 0 Å². The molecule has 1 atom stereocenters. The van der Waals surface area contributed by atoms with Gasteiger partial charge in [0.2, 0.25) is 0 Å². The minimum absolute atomic E-state index is 0.213. The van der Waals surface area contributed by atoms with Crippen molar-refractivity contribution in [3.8, 4) is 0 Å². The van der Waals surface area contributed by atoms with E-state index in [1.807, 2.05) is 0 Å². The highest BCUT2D eigenvalue weighted by Gasteiger charge is 2.31. The molecule has 1 unspecified atom stereocenters. The van der Waals surface area contributed by atoms with Crippen molar-refractivity contribution >= 4 is 6.09 Å². The monoisotopic (exact) mass is 239 g/mol. The lowest BCUT2D eigenvalue weighted by Crippen LogP contribution is -2.41. The van der Waals surface area contributed by atoms with E-state index < -0.39 is 6.09 Å². The third-order valence-corrected chi connectivity index (χ3v) is 2.49. The summed E-state index contributed by atoms with van der Waals surface area (Å²) in [5, 5.41) is 12.6. The van der Waals surface area contributed by atoms with Crippen LogP contribution in [-0.4, -0.2) is 34.4 Å². The van der Waals surface area contributed by atoms with Gasteiger partial charge in [-0.3, -0.25) is 9.74 Å². The van der Waals surface area contributed by atoms with Gasteiger partial charge in [-0.1, -0.05) is 11.2 Å². The van der Waals surface area contributed by atoms with Gasteiger partial charge in [0.1, 0.15) is 0 Å². The van der Waals surface area contributed by atoms with Crippen LogP contribution in [0.2, 0.25) is 0 Å². The zero-order valence-corrected chi connectivity index (χ0v) is 9.13. The SMILES string of the molecule is C=CCONC1CN(C(=O)O)Cc2oncc21. The Balaban J connectivity index is 2.09. The van der Waals surface area contributed by atoms with Crippen LogP contribution in [0.4, 0.5) is 4.79 Å². The number of carbonyl (C=O) groups is 1. The molecule has 92 valence electrons. The molecule has 0 aliphatic carbocycles. The molecule has 0 bridgehead atoms. The first-order valence-electron chi connectivity index (χ1n) is 5.12. The molecule has 0 saturated carbocycles. The molecule has 1 amide bonds. The summed E-state index contributed by atoms with van der Waals surface area (Å²) in [5.41, 5.74) is 3.60. The molecule has 1 aromatic heterocycles. The van der Waals surface area contributed by atoms with Crippen LogP contribution in [0.3, 0.4) is 0 Å². The van der Waals surface area contributed by atoms with Crippen molar-refractivity contribution in [3.63, 3.8) is 0 Å². The van der Waals surface area contributed by atoms with Crippen LogP contribution in [0.15, 0.2) is 23.4 Å². The second-order valence-corrected chi connectivity index (χ2v) is 3.64. The Labute approximate surface area is 97.6 Å². The highest BCUT2D eigenvalue weighted by molar-refractivity contribution is 5.65. The Hall–Kier alpha value is -1.86. The van der Waals surface area contributed by atoms with Gasteiger partial charge >= 0.3 is 6.09 Å². The van der Waals surface area contributed by atoms with E-state index in [2.05, 4.69) is 17.2 Å². The van der Waals surface area contributed by atoms with Crippen molar-refractivity contribution in [3.05, 3.63) is 30.2 Å². The number of amides is 1. The molecule has 2 heterocycles. The third-order valence-electron chi connectivity index (χ3n) is 2.49. The molecule has 17 heavy (non-hydrogen) atoms. The zero-order chi connectivity index (χ0) is 12.3. The van der Waals surface area contributed by atoms with E-state index in [1.54, 1.807) is 12.3 Å². The summed E-state index contributed by atoms with van der Waals surface area (Å²) in [6, 6.07) is -0.277. The number of nitrogens with zero attached hydrogens (tertiary/aromatic N) is 2. The van der Waals surface area contributed by atoms with E-state index in [0.717, 1.165) is 5.56 Å². The molecular formula is C10H13N3O4. The molecule has 0 aromatic carbocycles. The normalized spacial score (nSPS) is 18.8. The molecule has 0 spiro atoms. The Kier molecular flexibility index (Phi) is 3.40. The quantitative estimate of drug-likeness (QED) is 0.461. The maximum Gasteiger partial charge on any atom is 0.407 e. The van der Waals surface area contributed by atoms with Crippen LogP contribution in [0.25, 0.3) is 0 Å². The molecule has 1 aromatic rings. The van der Waals surface area contributed by atoms with Gasteiger partial charge in [-0.15, -0.1) is 6.58 Å². The lowest BCUT2D eigenvalue weighted by Gasteiger charge is -2.29. The summed E-state index contributed by atoms with van der Waals surface area (Å²) in [4.78, 5) is 17.3. The van der Waals surface area contributed by atoms with Crippen LogP contribution in [0.5, 0.6) is 0 Å². The molecular weight excluding hydrogens is 226 g/mol. The molecule has 2 N–H and O–H groups in total. The van der Waals surface area contributed by atoms with Gasteiger partial charge in [0.25, 0.3) is 0 Å². The summed E-state index contributed by atoms with van der Waals surface area (Å²) < 4.78 is 5.00. The van der Waals surface area contributed by atoms with Gasteiger partial charge in [0.15, 0.2) is 5.76 Å². The van der Waals surface area contributed by atoms with Crippen molar-refractivity contribution in [2.45, 2.75) is 12.6 Å². The van der Waals surface area contributed by atoms with Gasteiger partial charge in [0.05, 0.1) is 25.4 Å². The third kappa shape index (κ3) is 2.45. The molecule has 0 radical (unpaired) electrons. The number of hydrogen-bond acceptors (Lipinski definition) is 5. The van der Waals surface area contributed by atoms with Gasteiger partial charge in [-0.2, -0.15) is 5.48 Å². The molecule has 7 heteroatoms. The highest BCUT2D eigenvalue weighted by Crippen LogP contribution is 2.26. The molecule has 1 aliphatic rings. The average molecular weight is 239 g/mol. The maximum atomic E-state index is 10.9. The number of aromatic nitrogens is 1. The first-order valence-corrected chi connectivity index (χ1v) is 5.12. The van der Waals surface area contributed by atoms with Gasteiger partial charge in [-0.05, 0) is 0 Å². The lowest BCUT2D eigenvalue weighted by atomic mass is 10.0. The van der Waals surface area contributed by atoms with Gasteiger partial charge < -0.3 is 9.63 Å². The van der Waals surface area contributed by atoms with E-state index in [-0.39, 0.29) is 12.6 Å². The Bertz CT molecular complexity index is 417. The predicted octanol–water partition coefficient (Wildman–Crippen LogP) is 0.916. The number of nitrogens with one attached hydrogen (secondary N) is 1. The predicted molar refractivity (Wildman–Crippen MR) is 57.0 cm³/mol. The highest BCUT2D eigenvalue weighted by atomic mass is 16.6. The fraction of sp³-hybridized carbons (Fsp3) is 0.400. The summed E-state index contributed by atoms with van der Waals surface area (Å²) in [7, 11) is 0. The van der Waals surface area contributed by atoms with E-state index >= 15 is 0 Å². The fourth-order valence-electron chi connectivity index (χ4n) is 1.69. The molecule has 7 nitrogen and oxygen atoms in total. The molecule has 0 fully saturated rings. The van der Waals surface area contributed by atoms with Crippen molar-refractivity contribution in [2.75, 3.05) is 13.2 Å². The number of carboxylic acid groups (broad SMARTS) is 1. The van der Waals surface area contributed by atoms with Crippen LogP contribution in [-0.2, 0) is 11.4 Å². The van der Waals surface area contributed by atoms with Gasteiger partial charge in [0, 0.05) is 12.1 Å². The minimum atomic E-state index is -0.998. The van der Waals surface area contributed by atoms with E-state index in [1.165, 1.54) is 4.90 Å². The van der Waals surface area contributed by atoms with Crippen LogP contribution < -0.4 is 5.48 Å². The van der Waals surface area contributed by atoms with Crippen LogP contribution >= 0.6 is 0 Å². The maximum absolute atomic E-state index is 10.9. The smallest absolute Gasteiger partial charge is 0.407 e. The van der Waals surface area contributed by atoms with Crippen LogP contribution in [0, 0.1) is 0 Å². The second kappa shape index (κ2) is 4.98. The first kappa shape index (κ1) is 11.6. The molecule has 1 aliphatic heterocycles. The van der Waals surface area contributed by atoms with Crippen molar-refractivity contribution < 1.29 is 19.3 Å². The van der Waals surface area contributed by atoms with Gasteiger partial charge in [-0.25, -0.2) is 4.79 Å². The van der Waals surface area contributed by atoms with E-state index in [0.29, 0.717) is 18.9 Å². The summed E-state index contributed by atoms with van der Waals surface area (Å²) in [6.07, 6.45) is 2.17. The van der Waals surface area contributed by atoms with E-state index in [9.17, 15) is 4.79 Å². The average Bonchev–Trinajstić information content (AvgIpc) is 2.77. The second-order valence-electron chi connectivity index (χ2n) is 3.64. The number of hydroxylamine groups is 1. The minimum Gasteiger partial charge on any atom is -0.465 e.